The SMILES string of the molecule is CCOC(=O)C(c1ccccc1)N1C(=O)/C(=C\c2ccc(OCc3cc(C)c(C)cc3C)cc2)SC1=S. The Balaban J connectivity index is 1.50. The minimum Gasteiger partial charge on any atom is -0.489 e. The van der Waals surface area contributed by atoms with Gasteiger partial charge in [-0.1, -0.05) is 78.6 Å². The molecule has 7 heteroatoms. The summed E-state index contributed by atoms with van der Waals surface area (Å²) in [7, 11) is 0. The molecule has 1 fully saturated rings. The summed E-state index contributed by atoms with van der Waals surface area (Å²) in [5, 5.41) is 0. The van der Waals surface area contributed by atoms with Crippen LogP contribution in [0.25, 0.3) is 6.08 Å². The third-order valence-corrected chi connectivity index (χ3v) is 7.56. The second kappa shape index (κ2) is 11.8. The molecule has 1 atom stereocenters. The molecule has 1 amide bonds. The lowest BCUT2D eigenvalue weighted by Crippen LogP contribution is -2.38. The molecule has 3 aromatic rings. The molecule has 1 unspecified atom stereocenters. The largest absolute Gasteiger partial charge is 0.489 e. The zero-order valence-electron chi connectivity index (χ0n) is 21.3. The smallest absolute Gasteiger partial charge is 0.333 e. The van der Waals surface area contributed by atoms with Gasteiger partial charge in [0.2, 0.25) is 0 Å². The Morgan fingerprint density at radius 3 is 2.35 bits per heavy atom. The molecule has 1 aliphatic heterocycles. The number of aryl methyl sites for hydroxylation is 3. The van der Waals surface area contributed by atoms with E-state index >= 15 is 0 Å². The van der Waals surface area contributed by atoms with E-state index in [4.69, 9.17) is 21.7 Å². The fourth-order valence-electron chi connectivity index (χ4n) is 4.10. The Hall–Kier alpha value is -3.42. The molecule has 37 heavy (non-hydrogen) atoms. The van der Waals surface area contributed by atoms with Crippen LogP contribution in [0.2, 0.25) is 0 Å². The van der Waals surface area contributed by atoms with Crippen LogP contribution in [-0.4, -0.2) is 27.7 Å². The first kappa shape index (κ1) is 26.6. The van der Waals surface area contributed by atoms with Crippen molar-refractivity contribution in [3.05, 3.63) is 105 Å². The number of hydrogen-bond acceptors (Lipinski definition) is 6. The van der Waals surface area contributed by atoms with Gasteiger partial charge in [0.05, 0.1) is 11.5 Å². The number of thioether (sulfide) groups is 1. The Kier molecular flexibility index (Phi) is 8.46. The molecule has 0 spiro atoms. The number of carbonyl (C=O) groups is 2. The molecule has 1 heterocycles. The number of thiocarbonyl (C=S) groups is 1. The molecular formula is C30H29NO4S2. The average Bonchev–Trinajstić information content (AvgIpc) is 3.15. The van der Waals surface area contributed by atoms with E-state index < -0.39 is 12.0 Å². The van der Waals surface area contributed by atoms with Gasteiger partial charge in [0.25, 0.3) is 5.91 Å². The molecule has 190 valence electrons. The monoisotopic (exact) mass is 531 g/mol. The van der Waals surface area contributed by atoms with Crippen molar-refractivity contribution in [2.45, 2.75) is 40.3 Å². The Morgan fingerprint density at radius 2 is 1.68 bits per heavy atom. The summed E-state index contributed by atoms with van der Waals surface area (Å²) in [5.41, 5.74) is 6.37. The van der Waals surface area contributed by atoms with Gasteiger partial charge in [-0.2, -0.15) is 0 Å². The minimum absolute atomic E-state index is 0.213. The zero-order chi connectivity index (χ0) is 26.5. The summed E-state index contributed by atoms with van der Waals surface area (Å²) in [6.45, 7) is 8.74. The first-order valence-corrected chi connectivity index (χ1v) is 13.3. The van der Waals surface area contributed by atoms with E-state index in [1.165, 1.54) is 33.4 Å². The second-order valence-electron chi connectivity index (χ2n) is 8.84. The van der Waals surface area contributed by atoms with Crippen molar-refractivity contribution in [2.75, 3.05) is 6.61 Å². The summed E-state index contributed by atoms with van der Waals surface area (Å²) in [4.78, 5) is 28.0. The van der Waals surface area contributed by atoms with Crippen LogP contribution in [0.1, 0.15) is 46.3 Å². The van der Waals surface area contributed by atoms with Gasteiger partial charge in [0.1, 0.15) is 16.7 Å². The molecule has 0 N–H and O–H groups in total. The Bertz CT molecular complexity index is 1350. The molecule has 0 aliphatic carbocycles. The highest BCUT2D eigenvalue weighted by Gasteiger charge is 2.42. The summed E-state index contributed by atoms with van der Waals surface area (Å²) in [5.74, 6) is -0.0806. The van der Waals surface area contributed by atoms with Gasteiger partial charge in [-0.05, 0) is 79.3 Å². The second-order valence-corrected chi connectivity index (χ2v) is 10.5. The third kappa shape index (κ3) is 6.12. The molecule has 0 bridgehead atoms. The molecular weight excluding hydrogens is 502 g/mol. The average molecular weight is 532 g/mol. The van der Waals surface area contributed by atoms with Crippen LogP contribution in [-0.2, 0) is 20.9 Å². The van der Waals surface area contributed by atoms with Crippen LogP contribution < -0.4 is 4.74 Å². The van der Waals surface area contributed by atoms with Gasteiger partial charge >= 0.3 is 5.97 Å². The molecule has 0 radical (unpaired) electrons. The predicted octanol–water partition coefficient (Wildman–Crippen LogP) is 6.70. The van der Waals surface area contributed by atoms with Crippen molar-refractivity contribution >= 4 is 46.3 Å². The number of nitrogens with zero attached hydrogens (tertiary/aromatic N) is 1. The quantitative estimate of drug-likeness (QED) is 0.183. The highest BCUT2D eigenvalue weighted by molar-refractivity contribution is 8.26. The van der Waals surface area contributed by atoms with Crippen molar-refractivity contribution in [2.24, 2.45) is 0 Å². The number of esters is 1. The van der Waals surface area contributed by atoms with Crippen LogP contribution in [0.3, 0.4) is 0 Å². The van der Waals surface area contributed by atoms with Crippen LogP contribution in [0.5, 0.6) is 5.75 Å². The summed E-state index contributed by atoms with van der Waals surface area (Å²) in [6, 6.07) is 20.1. The lowest BCUT2D eigenvalue weighted by atomic mass is 10.0. The standard InChI is InChI=1S/C30H29NO4S2/c1-5-34-29(33)27(23-9-7-6-8-10-23)31-28(32)26(37-30(31)36)17-22-11-13-25(14-12-22)35-18-24-16-20(3)19(2)15-21(24)4/h6-17,27H,5,18H2,1-4H3/b26-17+. The van der Waals surface area contributed by atoms with Gasteiger partial charge in [-0.15, -0.1) is 0 Å². The highest BCUT2D eigenvalue weighted by Crippen LogP contribution is 2.39. The fourth-order valence-corrected chi connectivity index (χ4v) is 5.41. The normalized spacial score (nSPS) is 15.2. The van der Waals surface area contributed by atoms with Gasteiger partial charge in [0.15, 0.2) is 6.04 Å². The Morgan fingerprint density at radius 1 is 1.00 bits per heavy atom. The van der Waals surface area contributed by atoms with Crippen molar-refractivity contribution < 1.29 is 19.1 Å². The van der Waals surface area contributed by atoms with Gasteiger partial charge in [-0.3, -0.25) is 9.69 Å². The van der Waals surface area contributed by atoms with Crippen LogP contribution in [0, 0.1) is 20.8 Å². The van der Waals surface area contributed by atoms with E-state index in [0.29, 0.717) is 21.4 Å². The van der Waals surface area contributed by atoms with Gasteiger partial charge in [0, 0.05) is 0 Å². The van der Waals surface area contributed by atoms with Crippen molar-refractivity contribution in [3.63, 3.8) is 0 Å². The number of benzene rings is 3. The minimum atomic E-state index is -0.927. The van der Waals surface area contributed by atoms with Crippen LogP contribution >= 0.6 is 24.0 Å². The maximum atomic E-state index is 13.4. The van der Waals surface area contributed by atoms with E-state index in [-0.39, 0.29) is 12.5 Å². The first-order valence-electron chi connectivity index (χ1n) is 12.1. The molecule has 5 nitrogen and oxygen atoms in total. The third-order valence-electron chi connectivity index (χ3n) is 6.23. The molecule has 0 aromatic heterocycles. The number of carbonyl (C=O) groups excluding carboxylic acids is 2. The van der Waals surface area contributed by atoms with Crippen molar-refractivity contribution in [3.8, 4) is 5.75 Å². The summed E-state index contributed by atoms with van der Waals surface area (Å²) in [6.07, 6.45) is 1.78. The van der Waals surface area contributed by atoms with Gasteiger partial charge in [-0.25, -0.2) is 4.79 Å². The molecule has 3 aromatic carbocycles. The number of ether oxygens (including phenoxy) is 2. The first-order chi connectivity index (χ1) is 17.8. The van der Waals surface area contributed by atoms with E-state index in [1.54, 1.807) is 25.1 Å². The summed E-state index contributed by atoms with van der Waals surface area (Å²) >= 11 is 6.70. The zero-order valence-corrected chi connectivity index (χ0v) is 22.9. The molecule has 0 saturated carbocycles. The maximum Gasteiger partial charge on any atom is 0.333 e. The van der Waals surface area contributed by atoms with Crippen LogP contribution in [0.15, 0.2) is 71.6 Å². The van der Waals surface area contributed by atoms with Crippen molar-refractivity contribution in [1.29, 1.82) is 0 Å². The highest BCUT2D eigenvalue weighted by atomic mass is 32.2. The van der Waals surface area contributed by atoms with E-state index in [2.05, 4.69) is 32.9 Å². The Labute approximate surface area is 227 Å². The predicted molar refractivity (Wildman–Crippen MR) is 152 cm³/mol. The fraction of sp³-hybridized carbons (Fsp3) is 0.233. The molecule has 4 rings (SSSR count). The molecule has 1 aliphatic rings. The lowest BCUT2D eigenvalue weighted by molar-refractivity contribution is -0.151. The van der Waals surface area contributed by atoms with Crippen molar-refractivity contribution in [1.82, 2.24) is 4.90 Å². The van der Waals surface area contributed by atoms with Crippen LogP contribution in [0.4, 0.5) is 0 Å². The lowest BCUT2D eigenvalue weighted by Gasteiger charge is -2.25. The maximum absolute atomic E-state index is 13.4. The number of amides is 1. The summed E-state index contributed by atoms with van der Waals surface area (Å²) < 4.78 is 11.6. The number of hydrogen-bond donors (Lipinski definition) is 0. The van der Waals surface area contributed by atoms with Gasteiger partial charge < -0.3 is 9.47 Å². The molecule has 1 saturated heterocycles. The van der Waals surface area contributed by atoms with E-state index in [0.717, 1.165) is 16.9 Å². The topological polar surface area (TPSA) is 55.8 Å². The van der Waals surface area contributed by atoms with E-state index in [9.17, 15) is 9.59 Å². The number of rotatable bonds is 8. The van der Waals surface area contributed by atoms with E-state index in [1.807, 2.05) is 42.5 Å².